The lowest BCUT2D eigenvalue weighted by Gasteiger charge is -2.30. The van der Waals surface area contributed by atoms with Crippen molar-refractivity contribution in [2.75, 3.05) is 26.7 Å². The summed E-state index contributed by atoms with van der Waals surface area (Å²) in [6.07, 6.45) is 7.24. The number of nitrogens with one attached hydrogen (secondary N) is 1. The van der Waals surface area contributed by atoms with E-state index >= 15 is 0 Å². The quantitative estimate of drug-likeness (QED) is 0.797. The number of methoxy groups -OCH3 is 1. The number of rotatable bonds is 4. The second-order valence-corrected chi connectivity index (χ2v) is 6.91. The first-order valence-corrected chi connectivity index (χ1v) is 8.26. The highest BCUT2D eigenvalue weighted by Gasteiger charge is 2.49. The van der Waals surface area contributed by atoms with Crippen LogP contribution < -0.4 is 5.32 Å². The zero-order valence-corrected chi connectivity index (χ0v) is 12.9. The summed E-state index contributed by atoms with van der Waals surface area (Å²) < 4.78 is 5.06. The maximum absolute atomic E-state index is 12.2. The molecule has 2 saturated carbocycles. The van der Waals surface area contributed by atoms with Crippen LogP contribution in [0.15, 0.2) is 0 Å². The van der Waals surface area contributed by atoms with E-state index in [0.717, 1.165) is 37.6 Å². The molecular formula is C16H28N2O2. The Morgan fingerprint density at radius 2 is 2.00 bits per heavy atom. The van der Waals surface area contributed by atoms with Gasteiger partial charge >= 0.3 is 5.97 Å². The van der Waals surface area contributed by atoms with Gasteiger partial charge in [-0.2, -0.15) is 0 Å². The molecule has 4 unspecified atom stereocenters. The molecule has 3 aliphatic rings. The number of esters is 1. The average Bonchev–Trinajstić information content (AvgIpc) is 3.11. The van der Waals surface area contributed by atoms with Gasteiger partial charge in [0, 0.05) is 19.1 Å². The van der Waals surface area contributed by atoms with E-state index in [1.807, 2.05) is 0 Å². The number of likely N-dealkylation sites (N-methyl/N-ethyl adjacent to an activating group) is 1. The van der Waals surface area contributed by atoms with Crippen molar-refractivity contribution in [3.05, 3.63) is 0 Å². The molecule has 20 heavy (non-hydrogen) atoms. The molecule has 3 rings (SSSR count). The van der Waals surface area contributed by atoms with Gasteiger partial charge in [-0.05, 0) is 50.5 Å². The van der Waals surface area contributed by atoms with Crippen molar-refractivity contribution < 1.29 is 9.53 Å². The molecule has 0 radical (unpaired) electrons. The maximum Gasteiger partial charge on any atom is 0.326 e. The van der Waals surface area contributed by atoms with Crippen LogP contribution in [0.2, 0.25) is 0 Å². The van der Waals surface area contributed by atoms with E-state index in [1.54, 1.807) is 0 Å². The Balaban J connectivity index is 1.64. The van der Waals surface area contributed by atoms with Gasteiger partial charge in [-0.3, -0.25) is 9.69 Å². The van der Waals surface area contributed by atoms with E-state index in [-0.39, 0.29) is 5.97 Å². The molecule has 1 saturated heterocycles. The van der Waals surface area contributed by atoms with Crippen LogP contribution in [-0.4, -0.2) is 49.2 Å². The summed E-state index contributed by atoms with van der Waals surface area (Å²) in [4.78, 5) is 14.8. The second-order valence-electron chi connectivity index (χ2n) is 6.91. The van der Waals surface area contributed by atoms with Crippen molar-refractivity contribution in [3.8, 4) is 0 Å². The third-order valence-corrected chi connectivity index (χ3v) is 5.85. The molecule has 114 valence electrons. The predicted molar refractivity (Wildman–Crippen MR) is 78.5 cm³/mol. The number of ether oxygens (including phenoxy) is 1. The van der Waals surface area contributed by atoms with Crippen molar-refractivity contribution in [3.63, 3.8) is 0 Å². The average molecular weight is 280 g/mol. The van der Waals surface area contributed by atoms with Crippen molar-refractivity contribution in [2.24, 2.45) is 11.8 Å². The minimum absolute atomic E-state index is 0.0683. The normalized spacial score (nSPS) is 41.0. The lowest BCUT2D eigenvalue weighted by molar-refractivity contribution is -0.148. The smallest absolute Gasteiger partial charge is 0.326 e. The van der Waals surface area contributed by atoms with Gasteiger partial charge in [0.25, 0.3) is 0 Å². The minimum Gasteiger partial charge on any atom is -0.468 e. The summed E-state index contributed by atoms with van der Waals surface area (Å²) in [5.74, 6) is 1.80. The van der Waals surface area contributed by atoms with Crippen LogP contribution in [0.25, 0.3) is 0 Å². The summed E-state index contributed by atoms with van der Waals surface area (Å²) >= 11 is 0. The Morgan fingerprint density at radius 3 is 2.60 bits per heavy atom. The summed E-state index contributed by atoms with van der Waals surface area (Å²) in [7, 11) is 1.51. The lowest BCUT2D eigenvalue weighted by Crippen LogP contribution is -2.51. The van der Waals surface area contributed by atoms with E-state index in [0.29, 0.717) is 6.04 Å². The van der Waals surface area contributed by atoms with Crippen LogP contribution in [0.1, 0.15) is 45.4 Å². The number of hydrogen-bond donors (Lipinski definition) is 1. The fourth-order valence-corrected chi connectivity index (χ4v) is 4.85. The lowest BCUT2D eigenvalue weighted by atomic mass is 9.97. The molecule has 0 bridgehead atoms. The molecule has 1 heterocycles. The highest BCUT2D eigenvalue weighted by atomic mass is 16.5. The SMILES string of the molecule is CCNC1(C(=O)OC)CCC(N2CC3CCCC3C2)C1. The van der Waals surface area contributed by atoms with Gasteiger partial charge in [0.1, 0.15) is 5.54 Å². The Labute approximate surface area is 122 Å². The highest BCUT2D eigenvalue weighted by Crippen LogP contribution is 2.42. The molecule has 1 N–H and O–H groups in total. The van der Waals surface area contributed by atoms with E-state index in [4.69, 9.17) is 4.74 Å². The van der Waals surface area contributed by atoms with E-state index < -0.39 is 5.54 Å². The van der Waals surface area contributed by atoms with Gasteiger partial charge in [0.2, 0.25) is 0 Å². The number of hydrogen-bond acceptors (Lipinski definition) is 4. The Kier molecular flexibility index (Phi) is 4.04. The number of carbonyl (C=O) groups is 1. The molecule has 4 nitrogen and oxygen atoms in total. The second kappa shape index (κ2) is 5.64. The van der Waals surface area contributed by atoms with Gasteiger partial charge in [-0.1, -0.05) is 13.3 Å². The molecule has 0 spiro atoms. The molecule has 0 aromatic rings. The summed E-state index contributed by atoms with van der Waals surface area (Å²) in [6.45, 7) is 5.42. The van der Waals surface area contributed by atoms with Gasteiger partial charge in [0.15, 0.2) is 0 Å². The molecule has 3 fully saturated rings. The Bertz CT molecular complexity index is 361. The third kappa shape index (κ3) is 2.37. The first-order valence-electron chi connectivity index (χ1n) is 8.26. The first-order chi connectivity index (χ1) is 9.68. The van der Waals surface area contributed by atoms with Crippen LogP contribution in [0, 0.1) is 11.8 Å². The van der Waals surface area contributed by atoms with Crippen LogP contribution in [-0.2, 0) is 9.53 Å². The van der Waals surface area contributed by atoms with E-state index in [9.17, 15) is 4.79 Å². The van der Waals surface area contributed by atoms with Crippen molar-refractivity contribution in [1.29, 1.82) is 0 Å². The van der Waals surface area contributed by atoms with Crippen molar-refractivity contribution >= 4 is 5.97 Å². The van der Waals surface area contributed by atoms with Crippen LogP contribution >= 0.6 is 0 Å². The predicted octanol–water partition coefficient (Wildman–Crippen LogP) is 1.79. The Morgan fingerprint density at radius 1 is 1.30 bits per heavy atom. The van der Waals surface area contributed by atoms with Crippen molar-refractivity contribution in [1.82, 2.24) is 10.2 Å². The molecule has 4 atom stereocenters. The zero-order valence-electron chi connectivity index (χ0n) is 12.9. The van der Waals surface area contributed by atoms with Gasteiger partial charge < -0.3 is 10.1 Å². The van der Waals surface area contributed by atoms with Crippen LogP contribution in [0.5, 0.6) is 0 Å². The molecule has 1 aliphatic heterocycles. The van der Waals surface area contributed by atoms with E-state index in [1.165, 1.54) is 39.5 Å². The molecule has 0 aromatic heterocycles. The number of carbonyl (C=O) groups excluding carboxylic acids is 1. The van der Waals surface area contributed by atoms with Crippen molar-refractivity contribution in [2.45, 2.75) is 57.0 Å². The maximum atomic E-state index is 12.2. The van der Waals surface area contributed by atoms with Gasteiger partial charge in [-0.15, -0.1) is 0 Å². The largest absolute Gasteiger partial charge is 0.468 e. The first kappa shape index (κ1) is 14.3. The monoisotopic (exact) mass is 280 g/mol. The third-order valence-electron chi connectivity index (χ3n) is 5.85. The summed E-state index contributed by atoms with van der Waals surface area (Å²) in [6, 6.07) is 0.568. The van der Waals surface area contributed by atoms with Crippen LogP contribution in [0.4, 0.5) is 0 Å². The standard InChI is InChI=1S/C16H28N2O2/c1-3-17-16(15(19)20-2)8-7-14(9-16)18-10-12-5-4-6-13(12)11-18/h12-14,17H,3-11H2,1-2H3. The highest BCUT2D eigenvalue weighted by molar-refractivity contribution is 5.81. The van der Waals surface area contributed by atoms with Crippen LogP contribution in [0.3, 0.4) is 0 Å². The Hall–Kier alpha value is -0.610. The molecule has 4 heteroatoms. The van der Waals surface area contributed by atoms with Gasteiger partial charge in [0.05, 0.1) is 7.11 Å². The number of nitrogens with zero attached hydrogens (tertiary/aromatic N) is 1. The minimum atomic E-state index is -0.425. The van der Waals surface area contributed by atoms with E-state index in [2.05, 4.69) is 17.1 Å². The number of likely N-dealkylation sites (tertiary alicyclic amines) is 1. The zero-order chi connectivity index (χ0) is 14.2. The molecule has 0 aromatic carbocycles. The molecular weight excluding hydrogens is 252 g/mol. The molecule has 2 aliphatic carbocycles. The van der Waals surface area contributed by atoms with Gasteiger partial charge in [-0.25, -0.2) is 0 Å². The fourth-order valence-electron chi connectivity index (χ4n) is 4.85. The fraction of sp³-hybridized carbons (Fsp3) is 0.938. The number of fused-ring (bicyclic) bond motifs is 1. The summed E-state index contributed by atoms with van der Waals surface area (Å²) in [5, 5.41) is 3.41. The summed E-state index contributed by atoms with van der Waals surface area (Å²) in [5.41, 5.74) is -0.425. The topological polar surface area (TPSA) is 41.6 Å². The molecule has 0 amide bonds.